The van der Waals surface area contributed by atoms with Crippen LogP contribution in [0.3, 0.4) is 0 Å². The number of nitro benzene ring substituents is 1. The molecule has 1 heterocycles. The number of thiazole rings is 1. The smallest absolute Gasteiger partial charge is 0.307 e. The zero-order valence-corrected chi connectivity index (χ0v) is 11.1. The summed E-state index contributed by atoms with van der Waals surface area (Å²) in [5.74, 6) is 0. The first kappa shape index (κ1) is 13.3. The van der Waals surface area contributed by atoms with E-state index >= 15 is 0 Å². The number of hydrogen-bond acceptors (Lipinski definition) is 5. The summed E-state index contributed by atoms with van der Waals surface area (Å²) in [5.41, 5.74) is 1.24. The van der Waals surface area contributed by atoms with E-state index in [9.17, 15) is 14.9 Å². The fraction of sp³-hybridized carbons (Fsp3) is 0.250. The highest BCUT2D eigenvalue weighted by molar-refractivity contribution is 7.07. The fourth-order valence-electron chi connectivity index (χ4n) is 1.84. The van der Waals surface area contributed by atoms with Crippen molar-refractivity contribution in [1.29, 1.82) is 0 Å². The molecule has 0 aliphatic carbocycles. The molecule has 0 amide bonds. The maximum Gasteiger partial charge on any atom is 0.307 e. The fourth-order valence-corrected chi connectivity index (χ4v) is 2.43. The Labute approximate surface area is 113 Å². The van der Waals surface area contributed by atoms with Crippen molar-refractivity contribution in [2.24, 2.45) is 0 Å². The second kappa shape index (κ2) is 5.66. The molecule has 2 rings (SSSR count). The topological polar surface area (TPSA) is 77.2 Å². The molecule has 0 atom stereocenters. The van der Waals surface area contributed by atoms with Gasteiger partial charge in [-0.3, -0.25) is 14.9 Å². The summed E-state index contributed by atoms with van der Waals surface area (Å²) < 4.78 is 1.53. The molecule has 0 spiro atoms. The average Bonchev–Trinajstić information content (AvgIpc) is 2.77. The number of benzene rings is 1. The molecular weight excluding hydrogens is 266 g/mol. The van der Waals surface area contributed by atoms with Gasteiger partial charge in [0.05, 0.1) is 11.5 Å². The van der Waals surface area contributed by atoms with Gasteiger partial charge in [-0.1, -0.05) is 23.5 Å². The van der Waals surface area contributed by atoms with Gasteiger partial charge in [0.2, 0.25) is 0 Å². The van der Waals surface area contributed by atoms with Gasteiger partial charge < -0.3 is 9.88 Å². The van der Waals surface area contributed by atoms with Crippen LogP contribution in [-0.4, -0.2) is 16.0 Å². The average molecular weight is 279 g/mol. The number of anilines is 1. The predicted molar refractivity (Wildman–Crippen MR) is 74.9 cm³/mol. The first-order valence-corrected chi connectivity index (χ1v) is 6.65. The summed E-state index contributed by atoms with van der Waals surface area (Å²) in [6.45, 7) is 2.78. The minimum Gasteiger partial charge on any atom is -0.379 e. The van der Waals surface area contributed by atoms with Gasteiger partial charge in [0.25, 0.3) is 5.69 Å². The lowest BCUT2D eigenvalue weighted by atomic mass is 10.1. The molecular formula is C12H13N3O3S. The van der Waals surface area contributed by atoms with Crippen LogP contribution in [0.15, 0.2) is 34.6 Å². The van der Waals surface area contributed by atoms with Gasteiger partial charge in [0.15, 0.2) is 0 Å². The summed E-state index contributed by atoms with van der Waals surface area (Å²) in [5, 5.41) is 15.7. The summed E-state index contributed by atoms with van der Waals surface area (Å²) in [6.07, 6.45) is 1.68. The number of aromatic nitrogens is 1. The van der Waals surface area contributed by atoms with Crippen molar-refractivity contribution in [3.05, 3.63) is 55.1 Å². The quantitative estimate of drug-likeness (QED) is 0.673. The Morgan fingerprint density at radius 3 is 2.84 bits per heavy atom. The van der Waals surface area contributed by atoms with Gasteiger partial charge in [0.1, 0.15) is 5.69 Å². The Morgan fingerprint density at radius 1 is 1.47 bits per heavy atom. The molecule has 19 heavy (non-hydrogen) atoms. The first-order chi connectivity index (χ1) is 9.13. The van der Waals surface area contributed by atoms with E-state index in [0.717, 1.165) is 16.9 Å². The van der Waals surface area contributed by atoms with Crippen molar-refractivity contribution in [2.45, 2.75) is 13.5 Å². The second-order valence-electron chi connectivity index (χ2n) is 3.90. The van der Waals surface area contributed by atoms with E-state index in [4.69, 9.17) is 0 Å². The maximum atomic E-state index is 11.5. The van der Waals surface area contributed by atoms with Gasteiger partial charge in [-0.15, -0.1) is 0 Å². The molecule has 6 nitrogen and oxygen atoms in total. The standard InChI is InChI=1S/C12H13N3O3S/c1-2-13-11-9(4-3-5-10(11)15(17)18)8-14-6-7-19-12(14)16/h3-7,13H,2,8H2,1H3. The van der Waals surface area contributed by atoms with Crippen LogP contribution in [0.5, 0.6) is 0 Å². The Morgan fingerprint density at radius 2 is 2.26 bits per heavy atom. The van der Waals surface area contributed by atoms with Gasteiger partial charge in [0, 0.05) is 29.8 Å². The molecule has 2 aromatic rings. The molecule has 1 N–H and O–H groups in total. The number of hydrogen-bond donors (Lipinski definition) is 1. The third kappa shape index (κ3) is 2.82. The lowest BCUT2D eigenvalue weighted by Gasteiger charge is -2.11. The van der Waals surface area contributed by atoms with E-state index in [0.29, 0.717) is 18.8 Å². The van der Waals surface area contributed by atoms with Crippen molar-refractivity contribution in [2.75, 3.05) is 11.9 Å². The van der Waals surface area contributed by atoms with Crippen LogP contribution in [0.25, 0.3) is 0 Å². The lowest BCUT2D eigenvalue weighted by Crippen LogP contribution is -2.14. The molecule has 100 valence electrons. The summed E-state index contributed by atoms with van der Waals surface area (Å²) in [7, 11) is 0. The number of rotatable bonds is 5. The van der Waals surface area contributed by atoms with Crippen LogP contribution in [-0.2, 0) is 6.54 Å². The van der Waals surface area contributed by atoms with E-state index in [1.807, 2.05) is 6.92 Å². The highest BCUT2D eigenvalue weighted by Gasteiger charge is 2.17. The number of nitrogens with zero attached hydrogens (tertiary/aromatic N) is 2. The molecule has 0 aliphatic heterocycles. The number of para-hydroxylation sites is 1. The largest absolute Gasteiger partial charge is 0.379 e. The van der Waals surface area contributed by atoms with Crippen molar-refractivity contribution < 1.29 is 4.92 Å². The van der Waals surface area contributed by atoms with E-state index in [1.165, 1.54) is 10.6 Å². The SMILES string of the molecule is CCNc1c(Cn2ccsc2=O)cccc1[N+](=O)[O-]. The van der Waals surface area contributed by atoms with Crippen LogP contribution in [0, 0.1) is 10.1 Å². The zero-order chi connectivity index (χ0) is 13.8. The van der Waals surface area contributed by atoms with Crippen LogP contribution in [0.4, 0.5) is 11.4 Å². The van der Waals surface area contributed by atoms with E-state index in [-0.39, 0.29) is 10.6 Å². The number of nitrogens with one attached hydrogen (secondary N) is 1. The van der Waals surface area contributed by atoms with Crippen LogP contribution in [0.1, 0.15) is 12.5 Å². The Balaban J connectivity index is 2.44. The van der Waals surface area contributed by atoms with Crippen LogP contribution >= 0.6 is 11.3 Å². The minimum absolute atomic E-state index is 0.0302. The monoisotopic (exact) mass is 279 g/mol. The maximum absolute atomic E-state index is 11.5. The Kier molecular flexibility index (Phi) is 3.96. The Bertz CT molecular complexity index is 648. The van der Waals surface area contributed by atoms with Crippen molar-refractivity contribution in [1.82, 2.24) is 4.57 Å². The highest BCUT2D eigenvalue weighted by atomic mass is 32.1. The van der Waals surface area contributed by atoms with Gasteiger partial charge in [-0.05, 0) is 6.92 Å². The molecule has 0 fully saturated rings. The molecule has 0 bridgehead atoms. The third-order valence-electron chi connectivity index (χ3n) is 2.66. The van der Waals surface area contributed by atoms with Crippen molar-refractivity contribution >= 4 is 22.7 Å². The van der Waals surface area contributed by atoms with E-state index < -0.39 is 4.92 Å². The summed E-state index contributed by atoms with van der Waals surface area (Å²) in [6, 6.07) is 4.87. The summed E-state index contributed by atoms with van der Waals surface area (Å²) in [4.78, 5) is 22.1. The van der Waals surface area contributed by atoms with E-state index in [2.05, 4.69) is 5.32 Å². The second-order valence-corrected chi connectivity index (χ2v) is 4.75. The Hall–Kier alpha value is -2.15. The third-order valence-corrected chi connectivity index (χ3v) is 3.36. The molecule has 1 aromatic heterocycles. The molecule has 0 aliphatic rings. The molecule has 1 aromatic carbocycles. The normalized spacial score (nSPS) is 10.4. The molecule has 0 radical (unpaired) electrons. The number of nitro groups is 1. The minimum atomic E-state index is -0.419. The van der Waals surface area contributed by atoms with Crippen LogP contribution in [0.2, 0.25) is 0 Å². The molecule has 0 unspecified atom stereocenters. The predicted octanol–water partition coefficient (Wildman–Crippen LogP) is 2.30. The molecule has 0 saturated heterocycles. The van der Waals surface area contributed by atoms with Gasteiger partial charge in [-0.25, -0.2) is 0 Å². The van der Waals surface area contributed by atoms with Gasteiger partial charge >= 0.3 is 4.87 Å². The molecule has 0 saturated carbocycles. The first-order valence-electron chi connectivity index (χ1n) is 5.77. The zero-order valence-electron chi connectivity index (χ0n) is 10.3. The van der Waals surface area contributed by atoms with Crippen molar-refractivity contribution in [3.8, 4) is 0 Å². The van der Waals surface area contributed by atoms with Crippen LogP contribution < -0.4 is 10.2 Å². The highest BCUT2D eigenvalue weighted by Crippen LogP contribution is 2.28. The van der Waals surface area contributed by atoms with E-state index in [1.54, 1.807) is 23.7 Å². The van der Waals surface area contributed by atoms with Crippen molar-refractivity contribution in [3.63, 3.8) is 0 Å². The lowest BCUT2D eigenvalue weighted by molar-refractivity contribution is -0.384. The van der Waals surface area contributed by atoms with Gasteiger partial charge in [-0.2, -0.15) is 0 Å². The summed E-state index contributed by atoms with van der Waals surface area (Å²) >= 11 is 1.11. The molecule has 7 heteroatoms.